The first-order valence-corrected chi connectivity index (χ1v) is 7.36. The maximum absolute atomic E-state index is 10.4. The molecule has 2 N–H and O–H groups in total. The molecule has 1 aromatic heterocycles. The second-order valence-corrected chi connectivity index (χ2v) is 5.77. The summed E-state index contributed by atoms with van der Waals surface area (Å²) in [5, 5.41) is 0. The van der Waals surface area contributed by atoms with Gasteiger partial charge in [-0.05, 0) is 27.6 Å². The van der Waals surface area contributed by atoms with Crippen molar-refractivity contribution in [3.05, 3.63) is 28.5 Å². The molecule has 0 saturated carbocycles. The van der Waals surface area contributed by atoms with Crippen LogP contribution in [0.3, 0.4) is 0 Å². The van der Waals surface area contributed by atoms with Gasteiger partial charge in [0.05, 0.1) is 19.8 Å². The Kier molecular flexibility index (Phi) is 6.26. The van der Waals surface area contributed by atoms with Gasteiger partial charge >= 0.3 is 7.60 Å². The molecule has 96 valence electrons. The number of rotatable bonds is 7. The number of hydrogen-bond donors (Lipinski definition) is 2. The smallest absolute Gasteiger partial charge is 0.350 e. The van der Waals surface area contributed by atoms with Crippen LogP contribution in [0.1, 0.15) is 5.56 Å². The van der Waals surface area contributed by atoms with E-state index in [1.807, 2.05) is 6.07 Å². The minimum atomic E-state index is -4.07. The van der Waals surface area contributed by atoms with E-state index in [4.69, 9.17) is 19.3 Å². The van der Waals surface area contributed by atoms with Crippen molar-refractivity contribution in [2.75, 3.05) is 19.6 Å². The molecule has 17 heavy (non-hydrogen) atoms. The van der Waals surface area contributed by atoms with Crippen LogP contribution in [-0.2, 0) is 20.6 Å². The topological polar surface area (TPSA) is 88.9 Å². The molecule has 0 aliphatic rings. The normalized spacial score (nSPS) is 11.7. The van der Waals surface area contributed by atoms with Gasteiger partial charge < -0.3 is 19.3 Å². The predicted octanol–water partition coefficient (Wildman–Crippen LogP) is 1.51. The third-order valence-electron chi connectivity index (χ3n) is 1.66. The first kappa shape index (κ1) is 14.8. The molecule has 0 fully saturated rings. The molecule has 1 rings (SSSR count). The lowest BCUT2D eigenvalue weighted by Crippen LogP contribution is -2.05. The first-order chi connectivity index (χ1) is 7.97. The van der Waals surface area contributed by atoms with E-state index in [-0.39, 0.29) is 13.2 Å². The predicted molar refractivity (Wildman–Crippen MR) is 64.5 cm³/mol. The number of hydrogen-bond acceptors (Lipinski definition) is 4. The van der Waals surface area contributed by atoms with Crippen molar-refractivity contribution >= 4 is 23.5 Å². The van der Waals surface area contributed by atoms with Gasteiger partial charge in [-0.1, -0.05) is 0 Å². The van der Waals surface area contributed by atoms with Crippen LogP contribution in [0.2, 0.25) is 0 Å². The molecule has 0 unspecified atom stereocenters. The minimum absolute atomic E-state index is 0.145. The molecule has 0 spiro atoms. The average molecular weight is 326 g/mol. The minimum Gasteiger partial charge on any atom is -0.374 e. The van der Waals surface area contributed by atoms with E-state index in [2.05, 4.69) is 20.9 Å². The number of aromatic nitrogens is 1. The Morgan fingerprint density at radius 2 is 2.00 bits per heavy atom. The van der Waals surface area contributed by atoms with E-state index in [0.717, 1.165) is 10.0 Å². The Morgan fingerprint density at radius 3 is 2.65 bits per heavy atom. The van der Waals surface area contributed by atoms with E-state index in [9.17, 15) is 4.57 Å². The van der Waals surface area contributed by atoms with Crippen LogP contribution in [0.4, 0.5) is 0 Å². The van der Waals surface area contributed by atoms with Crippen LogP contribution in [0.25, 0.3) is 0 Å². The average Bonchev–Trinajstić information content (AvgIpc) is 2.22. The Labute approximate surface area is 107 Å². The molecule has 0 atom stereocenters. The fourth-order valence-electron chi connectivity index (χ4n) is 1.03. The highest BCUT2D eigenvalue weighted by Crippen LogP contribution is 2.33. The maximum atomic E-state index is 10.4. The molecule has 0 aromatic carbocycles. The zero-order valence-electron chi connectivity index (χ0n) is 8.95. The van der Waals surface area contributed by atoms with Crippen LogP contribution < -0.4 is 0 Å². The quantitative estimate of drug-likeness (QED) is 0.583. The summed E-state index contributed by atoms with van der Waals surface area (Å²) in [5.74, 6) is 0. The number of pyridine rings is 1. The van der Waals surface area contributed by atoms with Gasteiger partial charge in [-0.25, -0.2) is 0 Å². The van der Waals surface area contributed by atoms with Crippen molar-refractivity contribution in [2.45, 2.75) is 6.61 Å². The van der Waals surface area contributed by atoms with Crippen molar-refractivity contribution in [1.82, 2.24) is 4.98 Å². The molecule has 8 heteroatoms. The maximum Gasteiger partial charge on any atom is 0.350 e. The van der Waals surface area contributed by atoms with Crippen LogP contribution in [0.5, 0.6) is 0 Å². The fraction of sp³-hybridized carbons (Fsp3) is 0.444. The molecular formula is C9H13BrNO5P. The molecule has 6 nitrogen and oxygen atoms in total. The Balaban J connectivity index is 2.11. The zero-order valence-corrected chi connectivity index (χ0v) is 11.4. The lowest BCUT2D eigenvalue weighted by atomic mass is 10.3. The van der Waals surface area contributed by atoms with Crippen LogP contribution in [-0.4, -0.2) is 34.3 Å². The van der Waals surface area contributed by atoms with Crippen molar-refractivity contribution in [1.29, 1.82) is 0 Å². The number of nitrogens with zero attached hydrogens (tertiary/aromatic N) is 1. The first-order valence-electron chi connectivity index (χ1n) is 4.77. The van der Waals surface area contributed by atoms with Crippen LogP contribution in [0, 0.1) is 0 Å². The van der Waals surface area contributed by atoms with E-state index in [0.29, 0.717) is 6.61 Å². The third kappa shape index (κ3) is 7.59. The SMILES string of the molecule is O=P(O)(O)COCCOCc1cncc(Br)c1. The summed E-state index contributed by atoms with van der Waals surface area (Å²) in [7, 11) is -4.07. The summed E-state index contributed by atoms with van der Waals surface area (Å²) in [6.45, 7) is 0.796. The Morgan fingerprint density at radius 1 is 1.29 bits per heavy atom. The standard InChI is InChI=1S/C9H13BrNO5P/c10-9-3-8(4-11-5-9)6-15-1-2-16-7-17(12,13)14/h3-5H,1-2,6-7H2,(H2,12,13,14). The summed E-state index contributed by atoms with van der Waals surface area (Å²) < 4.78 is 21.3. The van der Waals surface area contributed by atoms with Crippen molar-refractivity contribution in [3.8, 4) is 0 Å². The van der Waals surface area contributed by atoms with E-state index >= 15 is 0 Å². The molecular weight excluding hydrogens is 313 g/mol. The van der Waals surface area contributed by atoms with Gasteiger partial charge in [0.25, 0.3) is 0 Å². The molecule has 0 aliphatic heterocycles. The molecule has 1 aromatic rings. The Bertz CT molecular complexity index is 397. The second kappa shape index (κ2) is 7.20. The van der Waals surface area contributed by atoms with Gasteiger partial charge in [-0.3, -0.25) is 9.55 Å². The van der Waals surface area contributed by atoms with E-state index in [1.54, 1.807) is 12.4 Å². The van der Waals surface area contributed by atoms with Gasteiger partial charge in [0.2, 0.25) is 0 Å². The highest BCUT2D eigenvalue weighted by Gasteiger charge is 2.11. The van der Waals surface area contributed by atoms with E-state index in [1.165, 1.54) is 0 Å². The molecule has 1 heterocycles. The summed E-state index contributed by atoms with van der Waals surface area (Å²) in [6.07, 6.45) is 2.78. The summed E-state index contributed by atoms with van der Waals surface area (Å²) in [5.41, 5.74) is 0.911. The highest BCUT2D eigenvalue weighted by atomic mass is 79.9. The Hall–Kier alpha value is -0.300. The zero-order chi connectivity index (χ0) is 12.7. The summed E-state index contributed by atoms with van der Waals surface area (Å²) >= 11 is 3.29. The fourth-order valence-corrected chi connectivity index (χ4v) is 1.81. The third-order valence-corrected chi connectivity index (χ3v) is 2.61. The lowest BCUT2D eigenvalue weighted by molar-refractivity contribution is 0.0511. The summed E-state index contributed by atoms with van der Waals surface area (Å²) in [4.78, 5) is 21.0. The molecule has 0 saturated heterocycles. The molecule has 0 aliphatic carbocycles. The number of halogens is 1. The van der Waals surface area contributed by atoms with Gasteiger partial charge in [0, 0.05) is 16.9 Å². The van der Waals surface area contributed by atoms with Crippen molar-refractivity contribution < 1.29 is 23.8 Å². The van der Waals surface area contributed by atoms with Crippen LogP contribution in [0.15, 0.2) is 22.9 Å². The van der Waals surface area contributed by atoms with Crippen molar-refractivity contribution in [2.24, 2.45) is 0 Å². The second-order valence-electron chi connectivity index (χ2n) is 3.27. The molecule has 0 amide bonds. The van der Waals surface area contributed by atoms with Gasteiger partial charge in [0.15, 0.2) is 0 Å². The van der Waals surface area contributed by atoms with Crippen LogP contribution >= 0.6 is 23.5 Å². The summed E-state index contributed by atoms with van der Waals surface area (Å²) in [6, 6.07) is 1.88. The lowest BCUT2D eigenvalue weighted by Gasteiger charge is -2.06. The number of ether oxygens (including phenoxy) is 2. The molecule has 0 bridgehead atoms. The van der Waals surface area contributed by atoms with Gasteiger partial charge in [0.1, 0.15) is 6.35 Å². The molecule has 0 radical (unpaired) electrons. The van der Waals surface area contributed by atoms with Gasteiger partial charge in [-0.2, -0.15) is 0 Å². The van der Waals surface area contributed by atoms with E-state index < -0.39 is 13.9 Å². The highest BCUT2D eigenvalue weighted by molar-refractivity contribution is 9.10. The van der Waals surface area contributed by atoms with Crippen molar-refractivity contribution in [3.63, 3.8) is 0 Å². The van der Waals surface area contributed by atoms with Gasteiger partial charge in [-0.15, -0.1) is 0 Å². The monoisotopic (exact) mass is 325 g/mol. The largest absolute Gasteiger partial charge is 0.374 e.